The van der Waals surface area contributed by atoms with Gasteiger partial charge >= 0.3 is 0 Å². The second-order valence-electron chi connectivity index (χ2n) is 5.45. The zero-order valence-corrected chi connectivity index (χ0v) is 12.9. The Morgan fingerprint density at radius 1 is 1.47 bits per heavy atom. The van der Waals surface area contributed by atoms with E-state index >= 15 is 0 Å². The molecule has 1 N–H and O–H groups in total. The van der Waals surface area contributed by atoms with Crippen molar-refractivity contribution >= 4 is 11.3 Å². The minimum absolute atomic E-state index is 0.545. The maximum absolute atomic E-state index is 5.63. The Kier molecular flexibility index (Phi) is 6.31. The standard InChI is InChI=1S/C15H26N2OS/c1-3-7-16-15-12-18-11-13(15)10-17(2)8-6-14-5-4-9-19-14/h4-5,9,13,15-16H,3,6-8,10-12H2,1-2H3. The normalized spacial score (nSPS) is 23.3. The second-order valence-corrected chi connectivity index (χ2v) is 6.48. The molecule has 0 amide bonds. The van der Waals surface area contributed by atoms with Crippen molar-refractivity contribution in [2.45, 2.75) is 25.8 Å². The van der Waals surface area contributed by atoms with Gasteiger partial charge in [0.1, 0.15) is 0 Å². The van der Waals surface area contributed by atoms with Gasteiger partial charge in [-0.05, 0) is 37.9 Å². The molecule has 2 atom stereocenters. The van der Waals surface area contributed by atoms with E-state index in [-0.39, 0.29) is 0 Å². The van der Waals surface area contributed by atoms with E-state index in [2.05, 4.69) is 41.7 Å². The van der Waals surface area contributed by atoms with Crippen LogP contribution in [-0.2, 0) is 11.2 Å². The Labute approximate surface area is 121 Å². The summed E-state index contributed by atoms with van der Waals surface area (Å²) in [5.74, 6) is 0.639. The molecule has 0 aliphatic carbocycles. The molecule has 1 aromatic rings. The predicted molar refractivity (Wildman–Crippen MR) is 81.9 cm³/mol. The van der Waals surface area contributed by atoms with E-state index < -0.39 is 0 Å². The molecule has 0 saturated carbocycles. The van der Waals surface area contributed by atoms with E-state index in [1.54, 1.807) is 0 Å². The summed E-state index contributed by atoms with van der Waals surface area (Å²) >= 11 is 1.86. The number of hydrogen-bond donors (Lipinski definition) is 1. The van der Waals surface area contributed by atoms with Crippen LogP contribution in [0.1, 0.15) is 18.2 Å². The molecule has 0 radical (unpaired) electrons. The molecule has 19 heavy (non-hydrogen) atoms. The van der Waals surface area contributed by atoms with Gasteiger partial charge in [-0.1, -0.05) is 13.0 Å². The van der Waals surface area contributed by atoms with Crippen molar-refractivity contribution in [2.24, 2.45) is 5.92 Å². The van der Waals surface area contributed by atoms with Crippen LogP contribution in [0.4, 0.5) is 0 Å². The van der Waals surface area contributed by atoms with Gasteiger partial charge in [-0.15, -0.1) is 11.3 Å². The van der Waals surface area contributed by atoms with Gasteiger partial charge < -0.3 is 15.0 Å². The van der Waals surface area contributed by atoms with Gasteiger partial charge in [-0.3, -0.25) is 0 Å². The summed E-state index contributed by atoms with van der Waals surface area (Å²) in [5, 5.41) is 5.76. The van der Waals surface area contributed by atoms with Crippen molar-refractivity contribution in [2.75, 3.05) is 39.9 Å². The van der Waals surface area contributed by atoms with Crippen LogP contribution in [0.5, 0.6) is 0 Å². The molecule has 4 heteroatoms. The van der Waals surface area contributed by atoms with E-state index in [4.69, 9.17) is 4.74 Å². The molecule has 0 aromatic carbocycles. The van der Waals surface area contributed by atoms with Crippen molar-refractivity contribution < 1.29 is 4.74 Å². The first-order valence-corrected chi connectivity index (χ1v) is 8.19. The maximum atomic E-state index is 5.63. The molecule has 1 aromatic heterocycles. The molecule has 1 fully saturated rings. The largest absolute Gasteiger partial charge is 0.379 e. The van der Waals surface area contributed by atoms with Gasteiger partial charge in [0.25, 0.3) is 0 Å². The number of ether oxygens (including phenoxy) is 1. The molecule has 2 rings (SSSR count). The monoisotopic (exact) mass is 282 g/mol. The third-order valence-electron chi connectivity index (χ3n) is 3.72. The fourth-order valence-electron chi connectivity index (χ4n) is 2.58. The summed E-state index contributed by atoms with van der Waals surface area (Å²) in [6.45, 7) is 7.37. The molecule has 3 nitrogen and oxygen atoms in total. The van der Waals surface area contributed by atoms with Crippen LogP contribution < -0.4 is 5.32 Å². The highest BCUT2D eigenvalue weighted by molar-refractivity contribution is 7.09. The molecule has 1 aliphatic rings. The van der Waals surface area contributed by atoms with Crippen LogP contribution in [0.25, 0.3) is 0 Å². The van der Waals surface area contributed by atoms with Gasteiger partial charge in [-0.25, -0.2) is 0 Å². The number of hydrogen-bond acceptors (Lipinski definition) is 4. The summed E-state index contributed by atoms with van der Waals surface area (Å²) in [6.07, 6.45) is 2.35. The lowest BCUT2D eigenvalue weighted by atomic mass is 10.0. The van der Waals surface area contributed by atoms with E-state index in [0.29, 0.717) is 12.0 Å². The first-order chi connectivity index (χ1) is 9.29. The van der Waals surface area contributed by atoms with Crippen LogP contribution in [-0.4, -0.2) is 50.8 Å². The highest BCUT2D eigenvalue weighted by atomic mass is 32.1. The van der Waals surface area contributed by atoms with E-state index in [0.717, 1.165) is 39.3 Å². The lowest BCUT2D eigenvalue weighted by Gasteiger charge is -2.24. The Hall–Kier alpha value is -0.420. The van der Waals surface area contributed by atoms with Crippen molar-refractivity contribution in [3.05, 3.63) is 22.4 Å². The number of nitrogens with one attached hydrogen (secondary N) is 1. The predicted octanol–water partition coefficient (Wildman–Crippen LogP) is 2.24. The summed E-state index contributed by atoms with van der Waals surface area (Å²) in [5.41, 5.74) is 0. The second kappa shape index (κ2) is 8.00. The zero-order chi connectivity index (χ0) is 13.5. The number of likely N-dealkylation sites (N-methyl/N-ethyl adjacent to an activating group) is 1. The Morgan fingerprint density at radius 3 is 3.11 bits per heavy atom. The van der Waals surface area contributed by atoms with Crippen LogP contribution in [0.15, 0.2) is 17.5 Å². The third kappa shape index (κ3) is 4.88. The lowest BCUT2D eigenvalue weighted by Crippen LogP contribution is -2.41. The van der Waals surface area contributed by atoms with E-state index in [9.17, 15) is 0 Å². The fourth-order valence-corrected chi connectivity index (χ4v) is 3.28. The highest BCUT2D eigenvalue weighted by Crippen LogP contribution is 2.16. The molecule has 2 unspecified atom stereocenters. The van der Waals surface area contributed by atoms with E-state index in [1.165, 1.54) is 11.3 Å². The van der Waals surface area contributed by atoms with Crippen LogP contribution in [0.2, 0.25) is 0 Å². The van der Waals surface area contributed by atoms with Gasteiger partial charge in [0.05, 0.1) is 13.2 Å². The van der Waals surface area contributed by atoms with E-state index in [1.807, 2.05) is 11.3 Å². The molecule has 1 aliphatic heterocycles. The average Bonchev–Trinajstić information content (AvgIpc) is 3.05. The SMILES string of the molecule is CCCNC1COCC1CN(C)CCc1cccs1. The fraction of sp³-hybridized carbons (Fsp3) is 0.733. The van der Waals surface area contributed by atoms with Gasteiger partial charge in [0.15, 0.2) is 0 Å². The van der Waals surface area contributed by atoms with Crippen molar-refractivity contribution in [1.82, 2.24) is 10.2 Å². The molecular weight excluding hydrogens is 256 g/mol. The Bertz CT molecular complexity index is 342. The quantitative estimate of drug-likeness (QED) is 0.791. The highest BCUT2D eigenvalue weighted by Gasteiger charge is 2.28. The summed E-state index contributed by atoms with van der Waals surface area (Å²) < 4.78 is 5.63. The molecule has 108 valence electrons. The van der Waals surface area contributed by atoms with Gasteiger partial charge in [-0.2, -0.15) is 0 Å². The van der Waals surface area contributed by atoms with Crippen molar-refractivity contribution in [3.63, 3.8) is 0 Å². The van der Waals surface area contributed by atoms with Crippen molar-refractivity contribution in [1.29, 1.82) is 0 Å². The van der Waals surface area contributed by atoms with Crippen LogP contribution in [0, 0.1) is 5.92 Å². The smallest absolute Gasteiger partial charge is 0.0623 e. The van der Waals surface area contributed by atoms with Crippen LogP contribution >= 0.6 is 11.3 Å². The molecule has 0 spiro atoms. The first kappa shape index (κ1) is 15.0. The maximum Gasteiger partial charge on any atom is 0.0623 e. The van der Waals surface area contributed by atoms with Gasteiger partial charge in [0, 0.05) is 29.9 Å². The van der Waals surface area contributed by atoms with Gasteiger partial charge in [0.2, 0.25) is 0 Å². The summed E-state index contributed by atoms with van der Waals surface area (Å²) in [6, 6.07) is 4.90. The summed E-state index contributed by atoms with van der Waals surface area (Å²) in [4.78, 5) is 3.93. The minimum Gasteiger partial charge on any atom is -0.379 e. The number of rotatable bonds is 8. The molecule has 1 saturated heterocycles. The van der Waals surface area contributed by atoms with Crippen molar-refractivity contribution in [3.8, 4) is 0 Å². The summed E-state index contributed by atoms with van der Waals surface area (Å²) in [7, 11) is 2.23. The lowest BCUT2D eigenvalue weighted by molar-refractivity contribution is 0.173. The topological polar surface area (TPSA) is 24.5 Å². The number of thiophene rings is 1. The number of nitrogens with zero attached hydrogens (tertiary/aromatic N) is 1. The molecule has 0 bridgehead atoms. The van der Waals surface area contributed by atoms with Crippen LogP contribution in [0.3, 0.4) is 0 Å². The zero-order valence-electron chi connectivity index (χ0n) is 12.1. The third-order valence-corrected chi connectivity index (χ3v) is 4.66. The minimum atomic E-state index is 0.545. The Balaban J connectivity index is 1.70. The average molecular weight is 282 g/mol. The molecule has 2 heterocycles. The molecular formula is C15H26N2OS. The first-order valence-electron chi connectivity index (χ1n) is 7.31. The Morgan fingerprint density at radius 2 is 2.37 bits per heavy atom.